The van der Waals surface area contributed by atoms with Gasteiger partial charge in [-0.05, 0) is 18.2 Å². The van der Waals surface area contributed by atoms with Crippen molar-refractivity contribution in [1.29, 1.82) is 0 Å². The van der Waals surface area contributed by atoms with Gasteiger partial charge in [-0.25, -0.2) is 4.79 Å². The molecule has 0 bridgehead atoms. The van der Waals surface area contributed by atoms with E-state index in [-0.39, 0.29) is 5.76 Å². The Balaban J connectivity index is 1.78. The number of thioether (sulfide) groups is 1. The molecule has 2 heterocycles. The summed E-state index contributed by atoms with van der Waals surface area (Å²) in [6.45, 7) is 0. The maximum absolute atomic E-state index is 11.6. The van der Waals surface area contributed by atoms with Gasteiger partial charge in [-0.15, -0.1) is 10.2 Å². The number of carbonyl (C=O) groups excluding carboxylic acids is 1. The number of benzene rings is 1. The standard InChI is InChI=1S/C15H13N3O3S/c1-20-14(19)13-11(7-8-21-13)9-22-15-17-16-10-18(15)12-5-3-2-4-6-12/h2-8,10H,9H2,1H3. The minimum atomic E-state index is -0.481. The molecule has 0 aliphatic carbocycles. The van der Waals surface area contributed by atoms with Gasteiger partial charge in [0, 0.05) is 17.0 Å². The molecule has 3 rings (SSSR count). The number of esters is 1. The molecule has 7 heteroatoms. The smallest absolute Gasteiger partial charge is 0.374 e. The summed E-state index contributed by atoms with van der Waals surface area (Å²) in [6.07, 6.45) is 3.14. The van der Waals surface area contributed by atoms with E-state index < -0.39 is 5.97 Å². The first-order valence-corrected chi connectivity index (χ1v) is 7.51. The van der Waals surface area contributed by atoms with Crippen LogP contribution in [0, 0.1) is 0 Å². The first kappa shape index (κ1) is 14.4. The lowest BCUT2D eigenvalue weighted by molar-refractivity contribution is 0.0564. The van der Waals surface area contributed by atoms with Gasteiger partial charge in [0.25, 0.3) is 0 Å². The molecule has 112 valence electrons. The second-order valence-electron chi connectivity index (χ2n) is 4.37. The lowest BCUT2D eigenvalue weighted by atomic mass is 10.3. The van der Waals surface area contributed by atoms with Crippen LogP contribution in [0.5, 0.6) is 0 Å². The molecule has 0 aliphatic rings. The predicted octanol–water partition coefficient (Wildman–Crippen LogP) is 2.94. The third-order valence-corrected chi connectivity index (χ3v) is 4.02. The van der Waals surface area contributed by atoms with E-state index in [0.29, 0.717) is 5.75 Å². The molecule has 0 aliphatic heterocycles. The summed E-state index contributed by atoms with van der Waals surface area (Å²) >= 11 is 1.47. The van der Waals surface area contributed by atoms with Crippen molar-refractivity contribution in [1.82, 2.24) is 14.8 Å². The van der Waals surface area contributed by atoms with E-state index in [1.165, 1.54) is 25.1 Å². The number of hydrogen-bond acceptors (Lipinski definition) is 6. The van der Waals surface area contributed by atoms with Crippen molar-refractivity contribution in [2.45, 2.75) is 10.9 Å². The van der Waals surface area contributed by atoms with Gasteiger partial charge in [0.2, 0.25) is 5.76 Å². The Bertz CT molecular complexity index is 767. The highest BCUT2D eigenvalue weighted by molar-refractivity contribution is 7.98. The zero-order valence-electron chi connectivity index (χ0n) is 11.8. The van der Waals surface area contributed by atoms with Crippen LogP contribution in [0.15, 0.2) is 58.6 Å². The summed E-state index contributed by atoms with van der Waals surface area (Å²) in [6, 6.07) is 11.6. The summed E-state index contributed by atoms with van der Waals surface area (Å²) in [7, 11) is 1.33. The molecule has 0 spiro atoms. The van der Waals surface area contributed by atoms with Crippen LogP contribution >= 0.6 is 11.8 Å². The molecular formula is C15H13N3O3S. The van der Waals surface area contributed by atoms with E-state index in [0.717, 1.165) is 16.4 Å². The molecule has 22 heavy (non-hydrogen) atoms. The molecule has 3 aromatic rings. The molecule has 0 amide bonds. The summed E-state index contributed by atoms with van der Waals surface area (Å²) in [4.78, 5) is 11.6. The summed E-state index contributed by atoms with van der Waals surface area (Å²) in [5, 5.41) is 8.80. The summed E-state index contributed by atoms with van der Waals surface area (Å²) < 4.78 is 11.8. The lowest BCUT2D eigenvalue weighted by Crippen LogP contribution is -2.02. The molecule has 0 N–H and O–H groups in total. The number of hydrogen-bond donors (Lipinski definition) is 0. The van der Waals surface area contributed by atoms with Crippen LogP contribution in [-0.2, 0) is 10.5 Å². The van der Waals surface area contributed by atoms with Crippen LogP contribution < -0.4 is 0 Å². The van der Waals surface area contributed by atoms with Gasteiger partial charge in [0.15, 0.2) is 5.16 Å². The average Bonchev–Trinajstić information content (AvgIpc) is 3.21. The van der Waals surface area contributed by atoms with Gasteiger partial charge in [0.1, 0.15) is 6.33 Å². The highest BCUT2D eigenvalue weighted by Gasteiger charge is 2.17. The Morgan fingerprint density at radius 3 is 2.91 bits per heavy atom. The Morgan fingerprint density at radius 1 is 1.32 bits per heavy atom. The van der Waals surface area contributed by atoms with E-state index in [2.05, 4.69) is 10.2 Å². The van der Waals surface area contributed by atoms with Crippen molar-refractivity contribution in [3.05, 3.63) is 60.3 Å². The van der Waals surface area contributed by atoms with Gasteiger partial charge in [-0.1, -0.05) is 30.0 Å². The molecule has 6 nitrogen and oxygen atoms in total. The summed E-state index contributed by atoms with van der Waals surface area (Å²) in [5.41, 5.74) is 1.75. The molecule has 0 fully saturated rings. The second-order valence-corrected chi connectivity index (χ2v) is 5.32. The lowest BCUT2D eigenvalue weighted by Gasteiger charge is -2.05. The SMILES string of the molecule is COC(=O)c1occc1CSc1nncn1-c1ccccc1. The second kappa shape index (κ2) is 6.48. The fourth-order valence-electron chi connectivity index (χ4n) is 1.95. The van der Waals surface area contributed by atoms with Crippen molar-refractivity contribution in [2.24, 2.45) is 0 Å². The Morgan fingerprint density at radius 2 is 2.14 bits per heavy atom. The quantitative estimate of drug-likeness (QED) is 0.532. The number of ether oxygens (including phenoxy) is 1. The third-order valence-electron chi connectivity index (χ3n) is 3.03. The zero-order valence-corrected chi connectivity index (χ0v) is 12.6. The average molecular weight is 315 g/mol. The Kier molecular flexibility index (Phi) is 4.24. The van der Waals surface area contributed by atoms with Gasteiger partial charge in [0.05, 0.1) is 13.4 Å². The van der Waals surface area contributed by atoms with Crippen molar-refractivity contribution in [3.8, 4) is 5.69 Å². The topological polar surface area (TPSA) is 70.2 Å². The van der Waals surface area contributed by atoms with Crippen LogP contribution in [0.3, 0.4) is 0 Å². The molecule has 0 radical (unpaired) electrons. The Hall–Kier alpha value is -2.54. The zero-order chi connectivity index (χ0) is 15.4. The molecule has 0 saturated heterocycles. The molecular weight excluding hydrogens is 302 g/mol. The first-order valence-electron chi connectivity index (χ1n) is 6.52. The van der Waals surface area contributed by atoms with Gasteiger partial charge >= 0.3 is 5.97 Å². The van der Waals surface area contributed by atoms with Gasteiger partial charge in [-0.2, -0.15) is 0 Å². The van der Waals surface area contributed by atoms with Crippen molar-refractivity contribution >= 4 is 17.7 Å². The minimum Gasteiger partial charge on any atom is -0.463 e. The van der Waals surface area contributed by atoms with Gasteiger partial charge in [-0.3, -0.25) is 4.57 Å². The monoisotopic (exact) mass is 315 g/mol. The molecule has 2 aromatic heterocycles. The van der Waals surface area contributed by atoms with E-state index in [4.69, 9.17) is 9.15 Å². The van der Waals surface area contributed by atoms with Crippen LogP contribution in [0.1, 0.15) is 16.1 Å². The number of methoxy groups -OCH3 is 1. The van der Waals surface area contributed by atoms with Crippen molar-refractivity contribution in [3.63, 3.8) is 0 Å². The summed E-state index contributed by atoms with van der Waals surface area (Å²) in [5.74, 6) is 0.276. The highest BCUT2D eigenvalue weighted by Crippen LogP contribution is 2.25. The number of rotatable bonds is 5. The maximum Gasteiger partial charge on any atom is 0.374 e. The van der Waals surface area contributed by atoms with Crippen molar-refractivity contribution < 1.29 is 13.9 Å². The fourth-order valence-corrected chi connectivity index (χ4v) is 2.86. The van der Waals surface area contributed by atoms with Gasteiger partial charge < -0.3 is 9.15 Å². The van der Waals surface area contributed by atoms with Crippen LogP contribution in [0.25, 0.3) is 5.69 Å². The largest absolute Gasteiger partial charge is 0.463 e. The Labute approximate surface area is 131 Å². The third kappa shape index (κ3) is 2.89. The van der Waals surface area contributed by atoms with Crippen LogP contribution in [-0.4, -0.2) is 27.8 Å². The predicted molar refractivity (Wildman–Crippen MR) is 81.0 cm³/mol. The van der Waals surface area contributed by atoms with Crippen LogP contribution in [0.4, 0.5) is 0 Å². The molecule has 0 saturated carbocycles. The number of furan rings is 1. The molecule has 0 atom stereocenters. The molecule has 1 aromatic carbocycles. The number of aromatic nitrogens is 3. The molecule has 0 unspecified atom stereocenters. The number of carbonyl (C=O) groups is 1. The van der Waals surface area contributed by atoms with E-state index in [9.17, 15) is 4.79 Å². The minimum absolute atomic E-state index is 0.223. The fraction of sp³-hybridized carbons (Fsp3) is 0.133. The van der Waals surface area contributed by atoms with Crippen LogP contribution in [0.2, 0.25) is 0 Å². The number of para-hydroxylation sites is 1. The first-order chi connectivity index (χ1) is 10.8. The highest BCUT2D eigenvalue weighted by atomic mass is 32.2. The van der Waals surface area contributed by atoms with Crippen molar-refractivity contribution in [2.75, 3.05) is 7.11 Å². The maximum atomic E-state index is 11.6. The number of nitrogens with zero attached hydrogens (tertiary/aromatic N) is 3. The van der Waals surface area contributed by atoms with E-state index in [1.807, 2.05) is 34.9 Å². The van der Waals surface area contributed by atoms with E-state index in [1.54, 1.807) is 12.4 Å². The normalized spacial score (nSPS) is 10.6. The van der Waals surface area contributed by atoms with E-state index >= 15 is 0 Å².